The molecule has 1 heterocycles. The molecule has 19 heavy (non-hydrogen) atoms. The number of carbonyl (C=O) groups excluding carboxylic acids is 1. The van der Waals surface area contributed by atoms with Crippen molar-refractivity contribution < 1.29 is 9.53 Å². The van der Waals surface area contributed by atoms with Crippen molar-refractivity contribution in [1.82, 2.24) is 4.90 Å². The molecule has 0 atom stereocenters. The molecule has 0 aromatic rings. The van der Waals surface area contributed by atoms with E-state index in [2.05, 4.69) is 13.8 Å². The van der Waals surface area contributed by atoms with Gasteiger partial charge in [-0.3, -0.25) is 4.79 Å². The topological polar surface area (TPSA) is 29.5 Å². The second-order valence-electron chi connectivity index (χ2n) is 6.09. The van der Waals surface area contributed by atoms with Crippen molar-refractivity contribution in [2.45, 2.75) is 66.9 Å². The standard InChI is InChI=1S/C15H29NO2.CH4/c1-12(2)6-5-11-18-14-7-9-16(10-8-14)15(17)13(3)4;/h12-14H,5-11H2,1-4H3;1H4. The van der Waals surface area contributed by atoms with Gasteiger partial charge in [0.15, 0.2) is 0 Å². The van der Waals surface area contributed by atoms with Crippen LogP contribution in [0.25, 0.3) is 0 Å². The molecule has 0 saturated carbocycles. The van der Waals surface area contributed by atoms with E-state index < -0.39 is 0 Å². The molecule has 1 aliphatic rings. The average Bonchev–Trinajstić information content (AvgIpc) is 2.34. The third-order valence-corrected chi connectivity index (χ3v) is 3.53. The number of nitrogens with zero attached hydrogens (tertiary/aromatic N) is 1. The Hall–Kier alpha value is -0.570. The van der Waals surface area contributed by atoms with Crippen molar-refractivity contribution in [1.29, 1.82) is 0 Å². The van der Waals surface area contributed by atoms with Crippen LogP contribution >= 0.6 is 0 Å². The summed E-state index contributed by atoms with van der Waals surface area (Å²) in [4.78, 5) is 13.8. The lowest BCUT2D eigenvalue weighted by Gasteiger charge is -2.33. The van der Waals surface area contributed by atoms with Crippen LogP contribution in [-0.4, -0.2) is 36.6 Å². The maximum atomic E-state index is 11.8. The predicted molar refractivity (Wildman–Crippen MR) is 81.2 cm³/mol. The molecule has 1 aliphatic heterocycles. The van der Waals surface area contributed by atoms with Gasteiger partial charge >= 0.3 is 0 Å². The average molecular weight is 271 g/mol. The van der Waals surface area contributed by atoms with Crippen LogP contribution in [0.3, 0.4) is 0 Å². The van der Waals surface area contributed by atoms with E-state index >= 15 is 0 Å². The fraction of sp³-hybridized carbons (Fsp3) is 0.938. The molecule has 3 heteroatoms. The molecule has 0 N–H and O–H groups in total. The highest BCUT2D eigenvalue weighted by Gasteiger charge is 2.24. The highest BCUT2D eigenvalue weighted by atomic mass is 16.5. The molecule has 1 saturated heterocycles. The Kier molecular flexibility index (Phi) is 9.07. The quantitative estimate of drug-likeness (QED) is 0.689. The second-order valence-corrected chi connectivity index (χ2v) is 6.09. The summed E-state index contributed by atoms with van der Waals surface area (Å²) < 4.78 is 5.88. The van der Waals surface area contributed by atoms with Crippen molar-refractivity contribution in [3.8, 4) is 0 Å². The van der Waals surface area contributed by atoms with Gasteiger partial charge in [0, 0.05) is 25.6 Å². The maximum Gasteiger partial charge on any atom is 0.225 e. The van der Waals surface area contributed by atoms with Gasteiger partial charge in [0.05, 0.1) is 6.10 Å². The van der Waals surface area contributed by atoms with Crippen molar-refractivity contribution >= 4 is 5.91 Å². The lowest BCUT2D eigenvalue weighted by Crippen LogP contribution is -2.42. The molecule has 0 aliphatic carbocycles. The first-order valence-electron chi connectivity index (χ1n) is 7.41. The third kappa shape index (κ3) is 6.95. The van der Waals surface area contributed by atoms with Crippen molar-refractivity contribution in [3.63, 3.8) is 0 Å². The summed E-state index contributed by atoms with van der Waals surface area (Å²) in [5, 5.41) is 0. The van der Waals surface area contributed by atoms with Crippen LogP contribution in [0.1, 0.15) is 60.8 Å². The fourth-order valence-corrected chi connectivity index (χ4v) is 2.35. The highest BCUT2D eigenvalue weighted by Crippen LogP contribution is 2.16. The zero-order valence-electron chi connectivity index (χ0n) is 12.4. The molecular formula is C16H33NO2. The molecule has 3 nitrogen and oxygen atoms in total. The molecular weight excluding hydrogens is 238 g/mol. The number of amides is 1. The summed E-state index contributed by atoms with van der Waals surface area (Å²) in [5.41, 5.74) is 0. The lowest BCUT2D eigenvalue weighted by atomic mass is 10.1. The van der Waals surface area contributed by atoms with E-state index in [9.17, 15) is 4.79 Å². The number of likely N-dealkylation sites (tertiary alicyclic amines) is 1. The Bertz CT molecular complexity index is 243. The van der Waals surface area contributed by atoms with Crippen LogP contribution in [-0.2, 0) is 9.53 Å². The predicted octanol–water partition coefficient (Wildman–Crippen LogP) is 3.72. The molecule has 1 amide bonds. The number of hydrogen-bond donors (Lipinski definition) is 0. The molecule has 1 rings (SSSR count). The third-order valence-electron chi connectivity index (χ3n) is 3.53. The van der Waals surface area contributed by atoms with Crippen molar-refractivity contribution in [3.05, 3.63) is 0 Å². The zero-order chi connectivity index (χ0) is 13.5. The minimum atomic E-state index is 0. The minimum absolute atomic E-state index is 0. The van der Waals surface area contributed by atoms with Crippen LogP contribution in [0.15, 0.2) is 0 Å². The maximum absolute atomic E-state index is 11.8. The SMILES string of the molecule is C.CC(C)CCCOC1CCN(C(=O)C(C)C)CC1. The normalized spacial score (nSPS) is 16.8. The summed E-state index contributed by atoms with van der Waals surface area (Å²) in [6.45, 7) is 11.0. The lowest BCUT2D eigenvalue weighted by molar-refractivity contribution is -0.137. The van der Waals surface area contributed by atoms with Gasteiger partial charge in [-0.25, -0.2) is 0 Å². The molecule has 114 valence electrons. The van der Waals surface area contributed by atoms with Crippen molar-refractivity contribution in [2.75, 3.05) is 19.7 Å². The van der Waals surface area contributed by atoms with E-state index in [1.54, 1.807) is 0 Å². The molecule has 0 aromatic heterocycles. The number of piperidine rings is 1. The van der Waals surface area contributed by atoms with Gasteiger partial charge in [-0.2, -0.15) is 0 Å². The van der Waals surface area contributed by atoms with E-state index in [1.165, 1.54) is 6.42 Å². The van der Waals surface area contributed by atoms with Crippen LogP contribution in [0.4, 0.5) is 0 Å². The fourth-order valence-electron chi connectivity index (χ4n) is 2.35. The summed E-state index contributed by atoms with van der Waals surface area (Å²) >= 11 is 0. The van der Waals surface area contributed by atoms with Crippen molar-refractivity contribution in [2.24, 2.45) is 11.8 Å². The number of ether oxygens (including phenoxy) is 1. The Morgan fingerprint density at radius 3 is 2.26 bits per heavy atom. The Labute approximate surface area is 119 Å². The zero-order valence-corrected chi connectivity index (χ0v) is 12.4. The van der Waals surface area contributed by atoms with Gasteiger partial charge in [-0.15, -0.1) is 0 Å². The second kappa shape index (κ2) is 9.35. The molecule has 0 unspecified atom stereocenters. The minimum Gasteiger partial charge on any atom is -0.378 e. The molecule has 0 bridgehead atoms. The van der Waals surface area contributed by atoms with Gasteiger partial charge in [-0.1, -0.05) is 35.1 Å². The summed E-state index contributed by atoms with van der Waals surface area (Å²) in [5.74, 6) is 1.17. The van der Waals surface area contributed by atoms with Crippen LogP contribution in [0.5, 0.6) is 0 Å². The number of hydrogen-bond acceptors (Lipinski definition) is 2. The van der Waals surface area contributed by atoms with Gasteiger partial charge in [0.1, 0.15) is 0 Å². The number of rotatable bonds is 6. The van der Waals surface area contributed by atoms with Crippen LogP contribution in [0, 0.1) is 11.8 Å². The molecule has 0 aromatic carbocycles. The van der Waals surface area contributed by atoms with Gasteiger partial charge in [0.25, 0.3) is 0 Å². The highest BCUT2D eigenvalue weighted by molar-refractivity contribution is 5.78. The largest absolute Gasteiger partial charge is 0.378 e. The monoisotopic (exact) mass is 271 g/mol. The van der Waals surface area contributed by atoms with E-state index in [4.69, 9.17) is 4.74 Å². The number of carbonyl (C=O) groups is 1. The van der Waals surface area contributed by atoms with Gasteiger partial charge in [-0.05, 0) is 31.6 Å². The van der Waals surface area contributed by atoms with E-state index in [0.717, 1.165) is 44.9 Å². The molecule has 0 radical (unpaired) electrons. The summed E-state index contributed by atoms with van der Waals surface area (Å²) in [7, 11) is 0. The first kappa shape index (κ1) is 18.4. The van der Waals surface area contributed by atoms with Gasteiger partial charge in [0.2, 0.25) is 5.91 Å². The Balaban J connectivity index is 0.00000324. The molecule has 1 fully saturated rings. The van der Waals surface area contributed by atoms with Crippen LogP contribution < -0.4 is 0 Å². The van der Waals surface area contributed by atoms with Crippen LogP contribution in [0.2, 0.25) is 0 Å². The summed E-state index contributed by atoms with van der Waals surface area (Å²) in [6, 6.07) is 0. The van der Waals surface area contributed by atoms with E-state index in [0.29, 0.717) is 6.10 Å². The van der Waals surface area contributed by atoms with E-state index in [1.807, 2.05) is 18.7 Å². The Morgan fingerprint density at radius 2 is 1.79 bits per heavy atom. The first-order valence-corrected chi connectivity index (χ1v) is 7.41. The van der Waals surface area contributed by atoms with Gasteiger partial charge < -0.3 is 9.64 Å². The van der Waals surface area contributed by atoms with E-state index in [-0.39, 0.29) is 19.3 Å². The summed E-state index contributed by atoms with van der Waals surface area (Å²) in [6.07, 6.45) is 4.77. The smallest absolute Gasteiger partial charge is 0.225 e. The first-order chi connectivity index (χ1) is 8.50. The Morgan fingerprint density at radius 1 is 1.21 bits per heavy atom. The molecule has 0 spiro atoms.